The van der Waals surface area contributed by atoms with Crippen LogP contribution in [0.3, 0.4) is 0 Å². The summed E-state index contributed by atoms with van der Waals surface area (Å²) in [6.07, 6.45) is 9.71. The van der Waals surface area contributed by atoms with Crippen LogP contribution in [0.4, 0.5) is 0 Å². The van der Waals surface area contributed by atoms with E-state index in [1.165, 1.54) is 0 Å². The average Bonchev–Trinajstić information content (AvgIpc) is 0.610. The van der Waals surface area contributed by atoms with Gasteiger partial charge in [0.2, 0.25) is 23.6 Å². The Morgan fingerprint density at radius 3 is 1.10 bits per heavy atom. The molecular formula is C92H116N16O20. The van der Waals surface area contributed by atoms with Crippen LogP contribution in [-0.4, -0.2) is 290 Å². The zero-order valence-electron chi connectivity index (χ0n) is 70.8. The van der Waals surface area contributed by atoms with Crippen molar-refractivity contribution in [2.24, 2.45) is 212 Å². The number of carboxylic acids is 4. The highest BCUT2D eigenvalue weighted by molar-refractivity contribution is 5.96. The molecule has 17 heterocycles. The summed E-state index contributed by atoms with van der Waals surface area (Å²) in [5, 5.41) is 72.4. The van der Waals surface area contributed by atoms with Crippen molar-refractivity contribution in [1.29, 1.82) is 0 Å². The van der Waals surface area contributed by atoms with E-state index in [4.69, 9.17) is 67.9 Å². The minimum Gasteiger partial charge on any atom is -0.481 e. The summed E-state index contributed by atoms with van der Waals surface area (Å²) in [6, 6.07) is -6.46. The zero-order chi connectivity index (χ0) is 86.2. The number of aliphatic carboxylic acids is 4. The second kappa shape index (κ2) is 24.3. The van der Waals surface area contributed by atoms with Crippen molar-refractivity contribution >= 4 is 60.5 Å². The smallest absolute Gasteiger partial charge is 0.325 e. The molecule has 31 aliphatic rings. The van der Waals surface area contributed by atoms with Gasteiger partial charge in [-0.25, -0.2) is 0 Å². The van der Waals surface area contributed by atoms with Gasteiger partial charge in [-0.3, -0.25) is 79.0 Å². The molecule has 36 nitrogen and oxygen atoms in total. The number of carbonyl (C=O) groups is 10. The van der Waals surface area contributed by atoms with Crippen molar-refractivity contribution in [2.75, 3.05) is 0 Å². The van der Waals surface area contributed by atoms with Gasteiger partial charge in [0.05, 0.1) is 36.8 Å². The number of nitrogens with zero attached hydrogens (tertiary/aromatic N) is 6. The fraction of sp³-hybridized carbons (Fsp3) is 0.848. The summed E-state index contributed by atoms with van der Waals surface area (Å²) in [5.41, 5.74) is 25.4. The normalized spacial score (nSPS) is 60.7. The predicted molar refractivity (Wildman–Crippen MR) is 431 cm³/mol. The van der Waals surface area contributed by atoms with E-state index in [1.54, 1.807) is 0 Å². The third-order valence-electron chi connectivity index (χ3n) is 46.4. The second-order valence-corrected chi connectivity index (χ2v) is 47.7. The molecule has 14 aliphatic carbocycles. The Morgan fingerprint density at radius 2 is 0.680 bits per heavy atom. The molecule has 62 atom stereocenters. The van der Waals surface area contributed by atoms with Gasteiger partial charge in [0.15, 0.2) is 0 Å². The lowest BCUT2D eigenvalue weighted by molar-refractivity contribution is -0.432. The molecule has 128 heavy (non-hydrogen) atoms. The van der Waals surface area contributed by atoms with Gasteiger partial charge in [-0.2, -0.15) is 0 Å². The quantitative estimate of drug-likeness (QED) is 0.0189. The first-order valence-corrected chi connectivity index (χ1v) is 49.5. The number of hydrogen-bond donors (Lipinski definition) is 14. The van der Waals surface area contributed by atoms with Crippen LogP contribution in [-0.2, 0) is 77.0 Å². The standard InChI is InChI=1S/C92H116N16O20/c1-3-125-127-91(95,123-21-109)62-40-26-12-18-34-70-44(26)52-48-30(14-16-32(46(40)48)102-84(62)116)100-68-60(52)76-77-57-49-37-23(7-5-9-27(37)97-65(57)68)41-53-55(49)73-81-79-71(53)103(85(117)63(41)90(94,88(121)122)20-36(113)114)33-17-11-25-39-45-31(101-83(115)61(39)89(93,87(119)120)19-35(111)112)15-13-29-47(45)51-43(25)69(33)105(79)75-59(51)67(99-29)66-58-50-38-24(8-6-10-28(38)98-66)42-54-56(50)74(108(81)78(58)75)82(107(73)77)80(106(70)76)72(54)104(34)86(118)64(42)92(96,124-22-110)128-126-4-2/h3-4,21-34,37-82,97-100H,1-2,5-20,93-96H2,(H,101,115)(H,102,116)(H,111,112)(H,113,114)(H,119,120)(H,121,122). The van der Waals surface area contributed by atoms with Gasteiger partial charge in [-0.1, -0.05) is 26.0 Å². The number of nitrogens with one attached hydrogen (secondary N) is 6. The molecule has 0 aromatic heterocycles. The Bertz CT molecular complexity index is 5120. The van der Waals surface area contributed by atoms with E-state index in [9.17, 15) is 44.4 Å². The molecule has 31 fully saturated rings. The highest BCUT2D eigenvalue weighted by atomic mass is 17.2. The van der Waals surface area contributed by atoms with Crippen molar-refractivity contribution in [2.45, 2.75) is 283 Å². The van der Waals surface area contributed by atoms with Crippen molar-refractivity contribution in [3.8, 4) is 0 Å². The highest BCUT2D eigenvalue weighted by Crippen LogP contribution is 2.83. The van der Waals surface area contributed by atoms with Gasteiger partial charge in [0, 0.05) is 145 Å². The number of nitrogens with two attached hydrogens (primary N) is 4. The molecule has 62 unspecified atom stereocenters. The van der Waals surface area contributed by atoms with Gasteiger partial charge >= 0.3 is 35.7 Å². The van der Waals surface area contributed by atoms with Gasteiger partial charge in [-0.15, -0.1) is 9.78 Å². The second-order valence-electron chi connectivity index (χ2n) is 47.7. The average molecular weight is 1770 g/mol. The molecule has 0 aromatic carbocycles. The molecular weight excluding hydrogens is 1650 g/mol. The number of hydrogen-bond acceptors (Lipinski definition) is 28. The minimum atomic E-state index is -2.58. The molecule has 17 saturated heterocycles. The summed E-state index contributed by atoms with van der Waals surface area (Å²) in [5.74, 6) is -23.8. The summed E-state index contributed by atoms with van der Waals surface area (Å²) >= 11 is 0. The molecule has 0 radical (unpaired) electrons. The first kappa shape index (κ1) is 76.6. The third-order valence-corrected chi connectivity index (χ3v) is 46.4. The van der Waals surface area contributed by atoms with Crippen LogP contribution >= 0.6 is 0 Å². The number of piperazine rings is 5. The summed E-state index contributed by atoms with van der Waals surface area (Å²) in [6.45, 7) is 8.21. The maximum Gasteiger partial charge on any atom is 0.325 e. The number of rotatable bonds is 20. The summed E-state index contributed by atoms with van der Waals surface area (Å²) < 4.78 is 12.3. The van der Waals surface area contributed by atoms with Crippen LogP contribution in [0.25, 0.3) is 0 Å². The fourth-order valence-corrected chi connectivity index (χ4v) is 46.4. The van der Waals surface area contributed by atoms with E-state index in [1.807, 2.05) is 0 Å². The first-order valence-electron chi connectivity index (χ1n) is 49.5. The van der Waals surface area contributed by atoms with E-state index in [-0.39, 0.29) is 281 Å². The Balaban J connectivity index is 0.695. The molecule has 31 rings (SSSR count). The van der Waals surface area contributed by atoms with Crippen LogP contribution in [0.2, 0.25) is 0 Å². The maximum absolute atomic E-state index is 18.4. The lowest BCUT2D eigenvalue weighted by Gasteiger charge is -2.92. The van der Waals surface area contributed by atoms with Crippen molar-refractivity contribution < 1.29 is 97.4 Å². The van der Waals surface area contributed by atoms with Crippen LogP contribution in [0.5, 0.6) is 0 Å². The minimum absolute atomic E-state index is 0.00483. The van der Waals surface area contributed by atoms with E-state index in [2.05, 4.69) is 58.5 Å². The van der Waals surface area contributed by atoms with Crippen molar-refractivity contribution in [1.82, 2.24) is 61.3 Å². The number of ether oxygens (including phenoxy) is 2. The molecule has 4 amide bonds. The number of carbonyl (C=O) groups excluding carboxylic acids is 6. The SMILES string of the molecule is C=COOC(N)(OC=O)C1C(=O)NC2CCC3NC4C5NC6CCCC7C6C6C5C5C8C4C4C3C2C1C1CCC2C(C14)N8C1C3C4C8C9C%10C(CCCC%10C4C(C(N)(OC=O)OOC=C)C(=O)N23)NC2C3NC4CCC%10NC(=O)C(C(N)(CC(=O)O)C(=O)O)C%11C%12CCC%13C%14C%12C(C4C%10%11)C3C3C(C29)N2C8C1N5C1C6C4C7C(C(N)(CC(=O)O)C(=O)O)C(=O)N%13C4C(C12)N%143. The Morgan fingerprint density at radius 1 is 0.352 bits per heavy atom. The number of fused-ring (bicyclic) bond motifs is 8. The molecule has 17 aliphatic heterocycles. The van der Waals surface area contributed by atoms with Gasteiger partial charge in [-0.05, 0) is 243 Å². The lowest BCUT2D eigenvalue weighted by Crippen LogP contribution is -3.05. The molecule has 684 valence electrons. The topological polar surface area (TPSA) is 503 Å². The fourth-order valence-electron chi connectivity index (χ4n) is 46.4. The number of amides is 4. The van der Waals surface area contributed by atoms with Crippen LogP contribution < -0.4 is 54.8 Å². The van der Waals surface area contributed by atoms with Crippen LogP contribution in [0.15, 0.2) is 25.7 Å². The van der Waals surface area contributed by atoms with Crippen LogP contribution in [0.1, 0.15) is 103 Å². The van der Waals surface area contributed by atoms with E-state index in [0.29, 0.717) is 57.8 Å². The molecule has 14 saturated carbocycles. The van der Waals surface area contributed by atoms with Gasteiger partial charge < -0.3 is 92.8 Å². The predicted octanol–water partition coefficient (Wildman–Crippen LogP) is -3.10. The number of piperidine rings is 12. The first-order chi connectivity index (χ1) is 61.9. The maximum atomic E-state index is 18.4. The zero-order valence-corrected chi connectivity index (χ0v) is 70.8. The summed E-state index contributed by atoms with van der Waals surface area (Å²) in [4.78, 5) is 194. The third kappa shape index (κ3) is 7.97. The summed E-state index contributed by atoms with van der Waals surface area (Å²) in [7, 11) is 0. The number of carboxylic acid groups (broad SMARTS) is 4. The molecule has 0 aromatic rings. The van der Waals surface area contributed by atoms with E-state index < -0.39 is 155 Å². The van der Waals surface area contributed by atoms with Crippen molar-refractivity contribution in [3.05, 3.63) is 25.7 Å². The van der Waals surface area contributed by atoms with Crippen molar-refractivity contribution in [3.63, 3.8) is 0 Å². The Kier molecular flexibility index (Phi) is 14.5. The molecule has 18 N–H and O–H groups in total. The van der Waals surface area contributed by atoms with E-state index in [0.717, 1.165) is 51.0 Å². The Hall–Kier alpha value is -6.78. The monoisotopic (exact) mass is 1760 g/mol. The molecule has 0 bridgehead atoms. The Labute approximate surface area is 736 Å². The lowest BCUT2D eigenvalue weighted by atomic mass is 9.30. The molecule has 36 heteroatoms. The molecule has 0 spiro atoms. The van der Waals surface area contributed by atoms with E-state index >= 15 is 24.0 Å². The largest absolute Gasteiger partial charge is 0.481 e. The van der Waals surface area contributed by atoms with Gasteiger partial charge in [0.25, 0.3) is 12.9 Å². The highest BCUT2D eigenvalue weighted by Gasteiger charge is 2.94. The van der Waals surface area contributed by atoms with Crippen LogP contribution in [0, 0.1) is 189 Å². The van der Waals surface area contributed by atoms with Gasteiger partial charge in [0.1, 0.15) is 35.4 Å².